The minimum absolute atomic E-state index is 0.188. The highest BCUT2D eigenvalue weighted by atomic mass is 19.4. The third kappa shape index (κ3) is 12.2. The molecule has 0 saturated carbocycles. The molecule has 110 valence electrons. The summed E-state index contributed by atoms with van der Waals surface area (Å²) in [6.45, 7) is 7.22. The Morgan fingerprint density at radius 2 is 1.78 bits per heavy atom. The average molecular weight is 269 g/mol. The maximum Gasteiger partial charge on any atom is 0.411 e. The normalized spacial score (nSPS) is 14.2. The molecule has 0 aliphatic rings. The molecule has 0 spiro atoms. The first-order valence-corrected chi connectivity index (χ1v) is 6.70. The molecule has 0 aromatic heterocycles. The van der Waals surface area contributed by atoms with Crippen LogP contribution in [0.25, 0.3) is 0 Å². The van der Waals surface area contributed by atoms with Crippen molar-refractivity contribution in [2.45, 2.75) is 46.2 Å². The van der Waals surface area contributed by atoms with Crippen molar-refractivity contribution in [2.75, 3.05) is 26.3 Å². The molecular weight excluding hydrogens is 243 g/mol. The maximum atomic E-state index is 11.9. The van der Waals surface area contributed by atoms with E-state index >= 15 is 0 Å². The van der Waals surface area contributed by atoms with Crippen molar-refractivity contribution in [3.63, 3.8) is 0 Å². The third-order valence-electron chi connectivity index (χ3n) is 2.62. The lowest BCUT2D eigenvalue weighted by Crippen LogP contribution is -2.27. The monoisotopic (exact) mass is 269 g/mol. The van der Waals surface area contributed by atoms with E-state index in [0.29, 0.717) is 18.3 Å². The van der Waals surface area contributed by atoms with Gasteiger partial charge in [0.1, 0.15) is 6.61 Å². The fraction of sp³-hybridized carbons (Fsp3) is 1.00. The van der Waals surface area contributed by atoms with Gasteiger partial charge in [-0.2, -0.15) is 13.2 Å². The Labute approximate surface area is 108 Å². The van der Waals surface area contributed by atoms with Crippen LogP contribution in [0.4, 0.5) is 13.2 Å². The molecule has 0 aromatic carbocycles. The van der Waals surface area contributed by atoms with Crippen LogP contribution in [0.3, 0.4) is 0 Å². The smallest absolute Gasteiger partial charge is 0.372 e. The highest BCUT2D eigenvalue weighted by Gasteiger charge is 2.27. The average Bonchev–Trinajstić information content (AvgIpc) is 2.22. The molecule has 0 radical (unpaired) electrons. The van der Waals surface area contributed by atoms with Crippen molar-refractivity contribution < 1.29 is 17.9 Å². The fourth-order valence-electron chi connectivity index (χ4n) is 1.77. The van der Waals surface area contributed by atoms with Crippen LogP contribution < -0.4 is 5.32 Å². The first kappa shape index (κ1) is 17.7. The molecule has 0 rings (SSSR count). The quantitative estimate of drug-likeness (QED) is 0.612. The van der Waals surface area contributed by atoms with E-state index in [2.05, 4.69) is 30.8 Å². The van der Waals surface area contributed by atoms with Crippen molar-refractivity contribution in [3.8, 4) is 0 Å². The molecule has 0 aliphatic carbocycles. The van der Waals surface area contributed by atoms with Crippen molar-refractivity contribution in [1.82, 2.24) is 5.32 Å². The van der Waals surface area contributed by atoms with E-state index in [-0.39, 0.29) is 6.61 Å². The van der Waals surface area contributed by atoms with Crippen LogP contribution in [0.15, 0.2) is 0 Å². The Hall–Kier alpha value is -0.290. The molecule has 0 aromatic rings. The van der Waals surface area contributed by atoms with E-state index in [0.717, 1.165) is 25.9 Å². The third-order valence-corrected chi connectivity index (χ3v) is 2.62. The van der Waals surface area contributed by atoms with Gasteiger partial charge in [0.15, 0.2) is 0 Å². The number of alkyl halides is 3. The van der Waals surface area contributed by atoms with Gasteiger partial charge in [0.2, 0.25) is 0 Å². The van der Waals surface area contributed by atoms with Gasteiger partial charge in [0, 0.05) is 6.61 Å². The van der Waals surface area contributed by atoms with E-state index in [4.69, 9.17) is 0 Å². The van der Waals surface area contributed by atoms with Gasteiger partial charge in [-0.1, -0.05) is 27.2 Å². The molecule has 0 heterocycles. The molecule has 0 amide bonds. The van der Waals surface area contributed by atoms with Crippen LogP contribution in [0.1, 0.15) is 40.0 Å². The SMILES string of the molecule is CCCC(CCOCC(F)(F)F)CNCC(C)C. The van der Waals surface area contributed by atoms with Crippen LogP contribution in [0.5, 0.6) is 0 Å². The summed E-state index contributed by atoms with van der Waals surface area (Å²) in [5, 5.41) is 3.35. The predicted octanol–water partition coefficient (Wildman–Crippen LogP) is 3.62. The first-order valence-electron chi connectivity index (χ1n) is 6.70. The number of hydrogen-bond acceptors (Lipinski definition) is 2. The molecule has 0 fully saturated rings. The largest absolute Gasteiger partial charge is 0.411 e. The summed E-state index contributed by atoms with van der Waals surface area (Å²) in [6, 6.07) is 0. The molecule has 0 aliphatic heterocycles. The predicted molar refractivity (Wildman–Crippen MR) is 67.6 cm³/mol. The number of halogens is 3. The van der Waals surface area contributed by atoms with Crippen molar-refractivity contribution >= 4 is 0 Å². The summed E-state index contributed by atoms with van der Waals surface area (Å²) in [7, 11) is 0. The van der Waals surface area contributed by atoms with Gasteiger partial charge < -0.3 is 10.1 Å². The minimum atomic E-state index is -4.21. The Bertz CT molecular complexity index is 195. The lowest BCUT2D eigenvalue weighted by Gasteiger charge is -2.18. The van der Waals surface area contributed by atoms with E-state index in [9.17, 15) is 13.2 Å². The van der Waals surface area contributed by atoms with Crippen molar-refractivity contribution in [3.05, 3.63) is 0 Å². The zero-order valence-electron chi connectivity index (χ0n) is 11.6. The summed E-state index contributed by atoms with van der Waals surface area (Å²) in [5.41, 5.74) is 0. The van der Waals surface area contributed by atoms with E-state index in [1.165, 1.54) is 0 Å². The van der Waals surface area contributed by atoms with Crippen molar-refractivity contribution in [2.24, 2.45) is 11.8 Å². The Morgan fingerprint density at radius 3 is 2.28 bits per heavy atom. The molecule has 1 atom stereocenters. The summed E-state index contributed by atoms with van der Waals surface area (Å²) in [5.74, 6) is 0.996. The van der Waals surface area contributed by atoms with Gasteiger partial charge >= 0.3 is 6.18 Å². The number of nitrogens with one attached hydrogen (secondary N) is 1. The summed E-state index contributed by atoms with van der Waals surface area (Å²) < 4.78 is 40.3. The lowest BCUT2D eigenvalue weighted by atomic mass is 10.00. The molecular formula is C13H26F3NO. The standard InChI is InChI=1S/C13H26F3NO/c1-4-5-12(9-17-8-11(2)3)6-7-18-10-13(14,15)16/h11-12,17H,4-10H2,1-3H3. The Morgan fingerprint density at radius 1 is 1.11 bits per heavy atom. The van der Waals surface area contributed by atoms with Gasteiger partial charge in [-0.15, -0.1) is 0 Å². The minimum Gasteiger partial charge on any atom is -0.372 e. The number of hydrogen-bond donors (Lipinski definition) is 1. The van der Waals surface area contributed by atoms with E-state index in [1.807, 2.05) is 0 Å². The highest BCUT2D eigenvalue weighted by molar-refractivity contribution is 4.63. The number of rotatable bonds is 10. The van der Waals surface area contributed by atoms with Gasteiger partial charge in [-0.3, -0.25) is 0 Å². The topological polar surface area (TPSA) is 21.3 Å². The van der Waals surface area contributed by atoms with Crippen LogP contribution >= 0.6 is 0 Å². The fourth-order valence-corrected chi connectivity index (χ4v) is 1.77. The van der Waals surface area contributed by atoms with Gasteiger partial charge in [-0.05, 0) is 37.8 Å². The van der Waals surface area contributed by atoms with E-state index < -0.39 is 12.8 Å². The second-order valence-corrected chi connectivity index (χ2v) is 5.16. The number of ether oxygens (including phenoxy) is 1. The van der Waals surface area contributed by atoms with E-state index in [1.54, 1.807) is 0 Å². The molecule has 1 N–H and O–H groups in total. The van der Waals surface area contributed by atoms with Gasteiger partial charge in [0.05, 0.1) is 0 Å². The van der Waals surface area contributed by atoms with Crippen molar-refractivity contribution in [1.29, 1.82) is 0 Å². The Kier molecular flexibility index (Phi) is 9.46. The molecule has 0 saturated heterocycles. The molecule has 18 heavy (non-hydrogen) atoms. The molecule has 0 bridgehead atoms. The van der Waals surface area contributed by atoms with Gasteiger partial charge in [0.25, 0.3) is 0 Å². The zero-order valence-corrected chi connectivity index (χ0v) is 11.6. The Balaban J connectivity index is 3.69. The highest BCUT2D eigenvalue weighted by Crippen LogP contribution is 2.16. The van der Waals surface area contributed by atoms with Crippen LogP contribution in [-0.2, 0) is 4.74 Å². The maximum absolute atomic E-state index is 11.9. The zero-order chi connectivity index (χ0) is 14.0. The summed E-state index contributed by atoms with van der Waals surface area (Å²) in [6.07, 6.45) is -1.45. The summed E-state index contributed by atoms with van der Waals surface area (Å²) >= 11 is 0. The second kappa shape index (κ2) is 9.62. The van der Waals surface area contributed by atoms with Gasteiger partial charge in [-0.25, -0.2) is 0 Å². The second-order valence-electron chi connectivity index (χ2n) is 5.16. The first-order chi connectivity index (χ1) is 8.35. The molecule has 5 heteroatoms. The van der Waals surface area contributed by atoms with Crippen LogP contribution in [0.2, 0.25) is 0 Å². The molecule has 2 nitrogen and oxygen atoms in total. The lowest BCUT2D eigenvalue weighted by molar-refractivity contribution is -0.174. The molecule has 1 unspecified atom stereocenters. The summed E-state index contributed by atoms with van der Waals surface area (Å²) in [4.78, 5) is 0. The van der Waals surface area contributed by atoms with Crippen LogP contribution in [-0.4, -0.2) is 32.5 Å². The van der Waals surface area contributed by atoms with Crippen LogP contribution in [0, 0.1) is 11.8 Å².